The Morgan fingerprint density at radius 2 is 1.93 bits per heavy atom. The zero-order valence-corrected chi connectivity index (χ0v) is 17.6. The number of aryl methyl sites for hydroxylation is 1. The zero-order valence-electron chi connectivity index (χ0n) is 16.8. The molecule has 0 radical (unpaired) electrons. The molecule has 152 valence electrons. The van der Waals surface area contributed by atoms with E-state index in [1.54, 1.807) is 24.3 Å². The summed E-state index contributed by atoms with van der Waals surface area (Å²) in [5, 5.41) is 20.6. The van der Waals surface area contributed by atoms with E-state index in [1.165, 1.54) is 11.8 Å². The molecule has 0 spiro atoms. The minimum atomic E-state index is -0.173. The van der Waals surface area contributed by atoms with Crippen LogP contribution >= 0.6 is 11.8 Å². The van der Waals surface area contributed by atoms with Gasteiger partial charge in [-0.15, -0.1) is 10.2 Å². The zero-order chi connectivity index (χ0) is 21.5. The van der Waals surface area contributed by atoms with Crippen LogP contribution in [0.2, 0.25) is 0 Å². The first-order valence-corrected chi connectivity index (χ1v) is 10.4. The number of amides is 1. The van der Waals surface area contributed by atoms with Gasteiger partial charge in [0, 0.05) is 17.8 Å². The summed E-state index contributed by atoms with van der Waals surface area (Å²) in [6.45, 7) is 4.50. The van der Waals surface area contributed by atoms with Crippen molar-refractivity contribution in [3.8, 4) is 6.07 Å². The Hall–Kier alpha value is -3.44. The van der Waals surface area contributed by atoms with Crippen LogP contribution in [0.15, 0.2) is 53.7 Å². The lowest BCUT2D eigenvalue weighted by Crippen LogP contribution is -2.17. The molecule has 0 saturated heterocycles. The highest BCUT2D eigenvalue weighted by Crippen LogP contribution is 2.19. The van der Waals surface area contributed by atoms with Crippen LogP contribution in [0.3, 0.4) is 0 Å². The lowest BCUT2D eigenvalue weighted by molar-refractivity contribution is -0.115. The molecule has 0 bridgehead atoms. The molecule has 0 aliphatic carbocycles. The first-order chi connectivity index (χ1) is 14.5. The number of benzene rings is 2. The van der Waals surface area contributed by atoms with E-state index in [2.05, 4.69) is 15.5 Å². The van der Waals surface area contributed by atoms with Gasteiger partial charge in [-0.2, -0.15) is 5.26 Å². The highest BCUT2D eigenvalue weighted by molar-refractivity contribution is 7.99. The van der Waals surface area contributed by atoms with E-state index in [-0.39, 0.29) is 23.9 Å². The quantitative estimate of drug-likeness (QED) is 0.442. The normalized spacial score (nSPS) is 10.4. The average Bonchev–Trinajstić information content (AvgIpc) is 3.13. The maximum absolute atomic E-state index is 12.4. The molecule has 0 saturated carbocycles. The number of carbonyl (C=O) groups is 2. The summed E-state index contributed by atoms with van der Waals surface area (Å²) < 4.78 is 1.84. The van der Waals surface area contributed by atoms with E-state index in [0.29, 0.717) is 28.7 Å². The summed E-state index contributed by atoms with van der Waals surface area (Å²) in [6.07, 6.45) is 0.0961. The topological polar surface area (TPSA) is 101 Å². The molecule has 1 heterocycles. The van der Waals surface area contributed by atoms with Crippen LogP contribution in [0.1, 0.15) is 34.2 Å². The number of thioether (sulfide) groups is 1. The largest absolute Gasteiger partial charge is 0.326 e. The van der Waals surface area contributed by atoms with Crippen molar-refractivity contribution in [3.63, 3.8) is 0 Å². The van der Waals surface area contributed by atoms with Crippen LogP contribution in [0, 0.1) is 18.3 Å². The molecule has 0 aliphatic heterocycles. The summed E-state index contributed by atoms with van der Waals surface area (Å²) >= 11 is 1.28. The van der Waals surface area contributed by atoms with Crippen molar-refractivity contribution < 1.29 is 9.59 Å². The van der Waals surface area contributed by atoms with Gasteiger partial charge >= 0.3 is 0 Å². The summed E-state index contributed by atoms with van der Waals surface area (Å²) in [4.78, 5) is 24.8. The SMILES string of the molecule is CCn1c(CC(=O)Nc2cccc(C)c2)nnc1SCC(=O)c1ccc(C#N)cc1. The number of hydrogen-bond donors (Lipinski definition) is 1. The van der Waals surface area contributed by atoms with Gasteiger partial charge in [-0.1, -0.05) is 36.0 Å². The Morgan fingerprint density at radius 3 is 2.60 bits per heavy atom. The van der Waals surface area contributed by atoms with Gasteiger partial charge < -0.3 is 9.88 Å². The third-order valence-corrected chi connectivity index (χ3v) is 5.37. The van der Waals surface area contributed by atoms with Gasteiger partial charge in [-0.25, -0.2) is 0 Å². The Morgan fingerprint density at radius 1 is 1.17 bits per heavy atom. The van der Waals surface area contributed by atoms with E-state index in [4.69, 9.17) is 5.26 Å². The molecule has 0 unspecified atom stereocenters. The van der Waals surface area contributed by atoms with Crippen molar-refractivity contribution >= 4 is 29.1 Å². The summed E-state index contributed by atoms with van der Waals surface area (Å²) in [7, 11) is 0. The molecule has 2 aromatic carbocycles. The van der Waals surface area contributed by atoms with E-state index in [1.807, 2.05) is 48.7 Å². The van der Waals surface area contributed by atoms with Gasteiger partial charge in [0.1, 0.15) is 5.82 Å². The molecule has 30 heavy (non-hydrogen) atoms. The number of Topliss-reactive ketones (excluding diaryl/α,β-unsaturated/α-hetero) is 1. The highest BCUT2D eigenvalue weighted by Gasteiger charge is 2.16. The summed E-state index contributed by atoms with van der Waals surface area (Å²) in [5.41, 5.74) is 2.86. The van der Waals surface area contributed by atoms with E-state index in [0.717, 1.165) is 11.3 Å². The van der Waals surface area contributed by atoms with Crippen molar-refractivity contribution in [3.05, 3.63) is 71.0 Å². The maximum Gasteiger partial charge on any atom is 0.232 e. The minimum Gasteiger partial charge on any atom is -0.326 e. The van der Waals surface area contributed by atoms with Crippen LogP contribution in [0.25, 0.3) is 0 Å². The van der Waals surface area contributed by atoms with E-state index >= 15 is 0 Å². The Balaban J connectivity index is 1.62. The van der Waals surface area contributed by atoms with Crippen molar-refractivity contribution in [1.82, 2.24) is 14.8 Å². The highest BCUT2D eigenvalue weighted by atomic mass is 32.2. The first kappa shape index (κ1) is 21.3. The smallest absolute Gasteiger partial charge is 0.232 e. The third-order valence-electron chi connectivity index (χ3n) is 4.40. The van der Waals surface area contributed by atoms with Crippen LogP contribution in [0.5, 0.6) is 0 Å². The van der Waals surface area contributed by atoms with Crippen molar-refractivity contribution in [2.45, 2.75) is 32.0 Å². The van der Waals surface area contributed by atoms with Crippen LogP contribution in [-0.2, 0) is 17.8 Å². The van der Waals surface area contributed by atoms with E-state index < -0.39 is 0 Å². The number of carbonyl (C=O) groups excluding carboxylic acids is 2. The number of nitriles is 1. The molecule has 7 nitrogen and oxygen atoms in total. The third kappa shape index (κ3) is 5.33. The fourth-order valence-electron chi connectivity index (χ4n) is 2.89. The molecule has 0 aliphatic rings. The molecule has 1 aromatic heterocycles. The van der Waals surface area contributed by atoms with Gasteiger partial charge in [0.05, 0.1) is 23.8 Å². The van der Waals surface area contributed by atoms with E-state index in [9.17, 15) is 9.59 Å². The molecule has 1 N–H and O–H groups in total. The number of hydrogen-bond acceptors (Lipinski definition) is 6. The van der Waals surface area contributed by atoms with Crippen molar-refractivity contribution in [2.75, 3.05) is 11.1 Å². The Bertz CT molecular complexity index is 1100. The maximum atomic E-state index is 12.4. The van der Waals surface area contributed by atoms with Crippen LogP contribution < -0.4 is 5.32 Å². The predicted molar refractivity (Wildman–Crippen MR) is 115 cm³/mol. The van der Waals surface area contributed by atoms with Gasteiger partial charge in [-0.3, -0.25) is 9.59 Å². The second-order valence-corrected chi connectivity index (χ2v) is 7.58. The van der Waals surface area contributed by atoms with Crippen molar-refractivity contribution in [2.24, 2.45) is 0 Å². The van der Waals surface area contributed by atoms with Crippen molar-refractivity contribution in [1.29, 1.82) is 5.26 Å². The standard InChI is InChI=1S/C22H21N5O2S/c1-3-27-20(12-21(29)24-18-6-4-5-15(2)11-18)25-26-22(27)30-14-19(28)17-9-7-16(13-23)8-10-17/h4-11H,3,12,14H2,1-2H3,(H,24,29). The second kappa shape index (κ2) is 9.85. The van der Waals surface area contributed by atoms with Gasteiger partial charge in [-0.05, 0) is 43.7 Å². The minimum absolute atomic E-state index is 0.0612. The molecule has 0 fully saturated rings. The molecule has 3 rings (SSSR count). The van der Waals surface area contributed by atoms with Crippen LogP contribution in [0.4, 0.5) is 5.69 Å². The van der Waals surface area contributed by atoms with Gasteiger partial charge in [0.2, 0.25) is 5.91 Å². The first-order valence-electron chi connectivity index (χ1n) is 9.45. The number of aromatic nitrogens is 3. The molecular weight excluding hydrogens is 398 g/mol. The second-order valence-electron chi connectivity index (χ2n) is 6.64. The Labute approximate surface area is 179 Å². The number of anilines is 1. The number of nitrogens with zero attached hydrogens (tertiary/aromatic N) is 4. The number of ketones is 1. The van der Waals surface area contributed by atoms with Gasteiger partial charge in [0.25, 0.3) is 0 Å². The number of rotatable bonds is 8. The molecular formula is C22H21N5O2S. The molecule has 3 aromatic rings. The molecule has 1 amide bonds. The summed E-state index contributed by atoms with van der Waals surface area (Å²) in [6, 6.07) is 16.2. The number of nitrogens with one attached hydrogen (secondary N) is 1. The van der Waals surface area contributed by atoms with Crippen LogP contribution in [-0.4, -0.2) is 32.2 Å². The lowest BCUT2D eigenvalue weighted by atomic mass is 10.1. The van der Waals surface area contributed by atoms with Gasteiger partial charge in [0.15, 0.2) is 10.9 Å². The predicted octanol–water partition coefficient (Wildman–Crippen LogP) is 3.63. The fourth-order valence-corrected chi connectivity index (χ4v) is 3.81. The Kier molecular flexibility index (Phi) is 6.99. The molecule has 8 heteroatoms. The average molecular weight is 420 g/mol. The summed E-state index contributed by atoms with van der Waals surface area (Å²) in [5.74, 6) is 0.511. The lowest BCUT2D eigenvalue weighted by Gasteiger charge is -2.08. The monoisotopic (exact) mass is 419 g/mol. The fraction of sp³-hybridized carbons (Fsp3) is 0.227. The molecule has 0 atom stereocenters.